The third kappa shape index (κ3) is 3.55. The number of hydrogen-bond acceptors (Lipinski definition) is 5. The second-order valence-corrected chi connectivity index (χ2v) is 9.65. The van der Waals surface area contributed by atoms with Crippen LogP contribution in [0, 0.1) is 5.82 Å². The predicted molar refractivity (Wildman–Crippen MR) is 127 cm³/mol. The first kappa shape index (κ1) is 21.2. The Morgan fingerprint density at radius 1 is 1.06 bits per heavy atom. The Morgan fingerprint density at radius 2 is 1.82 bits per heavy atom. The van der Waals surface area contributed by atoms with Crippen LogP contribution < -0.4 is 9.86 Å². The SMILES string of the molecule is CS(=O)(=O)N(CCO)c1cc2oc3c4ccc(F)cc4[nH]c(=O)c3c2cc1-c1ccccc1. The van der Waals surface area contributed by atoms with E-state index in [0.717, 1.165) is 16.1 Å². The van der Waals surface area contributed by atoms with E-state index in [-0.39, 0.29) is 18.7 Å². The Bertz CT molecular complexity index is 1690. The lowest BCUT2D eigenvalue weighted by Gasteiger charge is -2.24. The van der Waals surface area contributed by atoms with Crippen molar-refractivity contribution in [3.05, 3.63) is 76.8 Å². The van der Waals surface area contributed by atoms with Gasteiger partial charge < -0.3 is 14.5 Å². The summed E-state index contributed by atoms with van der Waals surface area (Å²) in [5.41, 5.74) is 2.05. The number of H-pyrrole nitrogens is 1. The van der Waals surface area contributed by atoms with Crippen molar-refractivity contribution in [2.24, 2.45) is 0 Å². The molecular weight excluding hydrogens is 447 g/mol. The van der Waals surface area contributed by atoms with E-state index in [1.807, 2.05) is 30.3 Å². The van der Waals surface area contributed by atoms with Crippen molar-refractivity contribution in [1.82, 2.24) is 4.98 Å². The van der Waals surface area contributed by atoms with E-state index >= 15 is 0 Å². The predicted octanol–water partition coefficient (Wildman–Crippen LogP) is 3.99. The molecule has 7 nitrogen and oxygen atoms in total. The zero-order valence-electron chi connectivity index (χ0n) is 17.5. The molecule has 3 aromatic carbocycles. The van der Waals surface area contributed by atoms with Crippen LogP contribution in [0.3, 0.4) is 0 Å². The smallest absolute Gasteiger partial charge is 0.260 e. The summed E-state index contributed by atoms with van der Waals surface area (Å²) in [6, 6.07) is 16.4. The van der Waals surface area contributed by atoms with Crippen molar-refractivity contribution in [3.8, 4) is 11.1 Å². The fourth-order valence-electron chi connectivity index (χ4n) is 4.16. The average Bonchev–Trinajstić information content (AvgIpc) is 3.15. The Balaban J connectivity index is 1.92. The van der Waals surface area contributed by atoms with Crippen LogP contribution in [0.4, 0.5) is 10.1 Å². The van der Waals surface area contributed by atoms with Crippen molar-refractivity contribution >= 4 is 48.6 Å². The van der Waals surface area contributed by atoms with Gasteiger partial charge in [-0.15, -0.1) is 0 Å². The highest BCUT2D eigenvalue weighted by atomic mass is 32.2. The lowest BCUT2D eigenvalue weighted by Crippen LogP contribution is -2.33. The highest BCUT2D eigenvalue weighted by Crippen LogP contribution is 2.40. The summed E-state index contributed by atoms with van der Waals surface area (Å²) in [6.07, 6.45) is 1.06. The number of sulfonamides is 1. The summed E-state index contributed by atoms with van der Waals surface area (Å²) in [5, 5.41) is 10.8. The number of furan rings is 1. The molecule has 0 aliphatic carbocycles. The Kier molecular flexibility index (Phi) is 4.95. The van der Waals surface area contributed by atoms with Gasteiger partial charge in [0.05, 0.1) is 36.0 Å². The lowest BCUT2D eigenvalue weighted by atomic mass is 10.0. The minimum Gasteiger partial charge on any atom is -0.455 e. The van der Waals surface area contributed by atoms with Crippen LogP contribution in [-0.4, -0.2) is 37.9 Å². The molecule has 5 rings (SSSR count). The topological polar surface area (TPSA) is 104 Å². The summed E-state index contributed by atoms with van der Waals surface area (Å²) in [4.78, 5) is 15.6. The number of nitrogens with zero attached hydrogens (tertiary/aromatic N) is 1. The number of benzene rings is 3. The summed E-state index contributed by atoms with van der Waals surface area (Å²) in [7, 11) is -3.73. The molecule has 0 unspecified atom stereocenters. The molecule has 2 aromatic heterocycles. The summed E-state index contributed by atoms with van der Waals surface area (Å²) in [6.45, 7) is -0.525. The van der Waals surface area contributed by atoms with Crippen LogP contribution in [0.1, 0.15) is 0 Å². The van der Waals surface area contributed by atoms with E-state index in [0.29, 0.717) is 38.5 Å². The minimum absolute atomic E-state index is 0.146. The average molecular weight is 466 g/mol. The number of halogens is 1. The van der Waals surface area contributed by atoms with Crippen LogP contribution in [-0.2, 0) is 10.0 Å². The van der Waals surface area contributed by atoms with Crippen molar-refractivity contribution in [3.63, 3.8) is 0 Å². The molecule has 168 valence electrons. The number of hydrogen-bond donors (Lipinski definition) is 2. The second-order valence-electron chi connectivity index (χ2n) is 7.74. The maximum absolute atomic E-state index is 13.7. The van der Waals surface area contributed by atoms with E-state index in [1.165, 1.54) is 18.2 Å². The second kappa shape index (κ2) is 7.72. The first-order chi connectivity index (χ1) is 15.8. The molecule has 9 heteroatoms. The standard InChI is InChI=1S/C24H19FN2O5S/c1-33(30,31)27(9-10-28)20-13-21-18(12-17(20)14-5-3-2-4-6-14)22-23(32-21)16-8-7-15(25)11-19(16)26-24(22)29/h2-8,11-13,28H,9-10H2,1H3,(H,26,29). The molecule has 0 saturated carbocycles. The van der Waals surface area contributed by atoms with Crippen LogP contribution in [0.2, 0.25) is 0 Å². The van der Waals surface area contributed by atoms with E-state index < -0.39 is 21.4 Å². The molecule has 2 heterocycles. The van der Waals surface area contributed by atoms with E-state index in [1.54, 1.807) is 12.1 Å². The van der Waals surface area contributed by atoms with Gasteiger partial charge in [0.15, 0.2) is 0 Å². The number of aliphatic hydroxyl groups is 1. The monoisotopic (exact) mass is 466 g/mol. The van der Waals surface area contributed by atoms with Gasteiger partial charge in [-0.3, -0.25) is 9.10 Å². The molecule has 0 radical (unpaired) electrons. The van der Waals surface area contributed by atoms with Gasteiger partial charge in [0, 0.05) is 22.4 Å². The van der Waals surface area contributed by atoms with E-state index in [4.69, 9.17) is 4.42 Å². The summed E-state index contributed by atoms with van der Waals surface area (Å²) in [5.74, 6) is -0.491. The Hall–Kier alpha value is -3.69. The van der Waals surface area contributed by atoms with Crippen molar-refractivity contribution in [2.75, 3.05) is 23.7 Å². The van der Waals surface area contributed by atoms with Crippen LogP contribution in [0.5, 0.6) is 0 Å². The lowest BCUT2D eigenvalue weighted by molar-refractivity contribution is 0.307. The number of aromatic nitrogens is 1. The molecule has 33 heavy (non-hydrogen) atoms. The van der Waals surface area contributed by atoms with Gasteiger partial charge >= 0.3 is 0 Å². The largest absolute Gasteiger partial charge is 0.455 e. The molecule has 0 amide bonds. The molecule has 0 bridgehead atoms. The molecular formula is C24H19FN2O5S. The molecule has 0 saturated heterocycles. The zero-order chi connectivity index (χ0) is 23.3. The number of pyridine rings is 1. The van der Waals surface area contributed by atoms with Gasteiger partial charge in [-0.25, -0.2) is 12.8 Å². The van der Waals surface area contributed by atoms with Crippen LogP contribution >= 0.6 is 0 Å². The highest BCUT2D eigenvalue weighted by molar-refractivity contribution is 7.92. The van der Waals surface area contributed by atoms with Crippen LogP contribution in [0.15, 0.2) is 69.9 Å². The molecule has 0 aliphatic rings. The van der Waals surface area contributed by atoms with Crippen molar-refractivity contribution in [1.29, 1.82) is 0 Å². The van der Waals surface area contributed by atoms with Gasteiger partial charge in [0.25, 0.3) is 5.56 Å². The van der Waals surface area contributed by atoms with Crippen molar-refractivity contribution < 1.29 is 22.3 Å². The molecule has 0 spiro atoms. The Morgan fingerprint density at radius 3 is 2.52 bits per heavy atom. The van der Waals surface area contributed by atoms with Crippen LogP contribution in [0.25, 0.3) is 44.0 Å². The normalized spacial score (nSPS) is 12.1. The quantitative estimate of drug-likeness (QED) is 0.408. The number of aliphatic hydroxyl groups excluding tert-OH is 1. The van der Waals surface area contributed by atoms with E-state index in [9.17, 15) is 22.7 Å². The fourth-order valence-corrected chi connectivity index (χ4v) is 5.08. The third-order valence-electron chi connectivity index (χ3n) is 5.56. The van der Waals surface area contributed by atoms with Gasteiger partial charge in [0.2, 0.25) is 10.0 Å². The van der Waals surface area contributed by atoms with Gasteiger partial charge in [-0.05, 0) is 29.8 Å². The third-order valence-corrected chi connectivity index (χ3v) is 6.74. The molecule has 5 aromatic rings. The zero-order valence-corrected chi connectivity index (χ0v) is 18.3. The number of fused-ring (bicyclic) bond motifs is 5. The van der Waals surface area contributed by atoms with Crippen molar-refractivity contribution in [2.45, 2.75) is 0 Å². The van der Waals surface area contributed by atoms with E-state index in [2.05, 4.69) is 4.98 Å². The molecule has 0 aliphatic heterocycles. The molecule has 2 N–H and O–H groups in total. The Labute approximate surface area is 187 Å². The minimum atomic E-state index is -3.73. The maximum atomic E-state index is 13.7. The number of anilines is 1. The summed E-state index contributed by atoms with van der Waals surface area (Å²) >= 11 is 0. The number of aromatic amines is 1. The van der Waals surface area contributed by atoms with Gasteiger partial charge in [-0.1, -0.05) is 30.3 Å². The number of rotatable bonds is 5. The molecule has 0 atom stereocenters. The maximum Gasteiger partial charge on any atom is 0.260 e. The molecule has 0 fully saturated rings. The number of nitrogens with one attached hydrogen (secondary N) is 1. The van der Waals surface area contributed by atoms with Gasteiger partial charge in [0.1, 0.15) is 17.0 Å². The van der Waals surface area contributed by atoms with Gasteiger partial charge in [-0.2, -0.15) is 0 Å². The first-order valence-electron chi connectivity index (χ1n) is 10.1. The fraction of sp³-hybridized carbons (Fsp3) is 0.125. The first-order valence-corrected chi connectivity index (χ1v) is 12.0. The highest BCUT2D eigenvalue weighted by Gasteiger charge is 2.24. The summed E-state index contributed by atoms with van der Waals surface area (Å²) < 4.78 is 46.0.